The second-order valence-corrected chi connectivity index (χ2v) is 8.67. The summed E-state index contributed by atoms with van der Waals surface area (Å²) in [4.78, 5) is 27.6. The largest absolute Gasteiger partial charge is 0.490 e. The molecule has 3 saturated heterocycles. The van der Waals surface area contributed by atoms with Gasteiger partial charge in [-0.3, -0.25) is 14.8 Å². The van der Waals surface area contributed by atoms with Crippen LogP contribution in [0.1, 0.15) is 31.4 Å². The van der Waals surface area contributed by atoms with Crippen molar-refractivity contribution in [3.05, 3.63) is 30.1 Å². The first-order valence-electron chi connectivity index (χ1n) is 11.4. The number of likely N-dealkylation sites (tertiary alicyclic amines) is 2. The Morgan fingerprint density at radius 3 is 2.06 bits per heavy atom. The van der Waals surface area contributed by atoms with Crippen molar-refractivity contribution in [2.45, 2.75) is 56.7 Å². The van der Waals surface area contributed by atoms with E-state index in [4.69, 9.17) is 24.5 Å². The van der Waals surface area contributed by atoms with Crippen molar-refractivity contribution in [3.8, 4) is 0 Å². The van der Waals surface area contributed by atoms with Gasteiger partial charge in [0.15, 0.2) is 0 Å². The van der Waals surface area contributed by atoms with Crippen LogP contribution in [0, 0.1) is 5.92 Å². The summed E-state index contributed by atoms with van der Waals surface area (Å²) < 4.78 is 69.7. The highest BCUT2D eigenvalue weighted by Gasteiger charge is 2.42. The molecule has 3 fully saturated rings. The van der Waals surface area contributed by atoms with E-state index in [0.29, 0.717) is 18.1 Å². The highest BCUT2D eigenvalue weighted by atomic mass is 19.4. The molecule has 8 nitrogen and oxygen atoms in total. The number of pyridine rings is 1. The van der Waals surface area contributed by atoms with Crippen molar-refractivity contribution in [2.24, 2.45) is 5.92 Å². The quantitative estimate of drug-likeness (QED) is 0.575. The molecule has 0 spiro atoms. The number of hydrogen-bond donors (Lipinski definition) is 2. The highest BCUT2D eigenvalue weighted by Crippen LogP contribution is 2.33. The molecule has 14 heteroatoms. The van der Waals surface area contributed by atoms with Crippen molar-refractivity contribution in [1.29, 1.82) is 0 Å². The molecule has 0 bridgehead atoms. The first-order valence-corrected chi connectivity index (χ1v) is 11.4. The Bertz CT molecular complexity index is 810. The number of aliphatic carboxylic acids is 2. The minimum Gasteiger partial charge on any atom is -0.475 e. The molecule has 36 heavy (non-hydrogen) atoms. The molecule has 0 aromatic carbocycles. The predicted octanol–water partition coefficient (Wildman–Crippen LogP) is 3.42. The van der Waals surface area contributed by atoms with E-state index >= 15 is 0 Å². The van der Waals surface area contributed by atoms with Gasteiger partial charge in [-0.05, 0) is 56.8 Å². The fraction of sp³-hybridized carbons (Fsp3) is 0.682. The first kappa shape index (κ1) is 29.8. The number of alkyl halides is 6. The van der Waals surface area contributed by atoms with Crippen molar-refractivity contribution >= 4 is 11.9 Å². The van der Waals surface area contributed by atoms with Crippen LogP contribution in [0.2, 0.25) is 0 Å². The molecular weight excluding hydrogens is 500 g/mol. The summed E-state index contributed by atoms with van der Waals surface area (Å²) in [6.07, 6.45) is -2.53. The molecule has 0 amide bonds. The summed E-state index contributed by atoms with van der Waals surface area (Å²) in [5.74, 6) is -4.81. The van der Waals surface area contributed by atoms with Gasteiger partial charge in [-0.15, -0.1) is 0 Å². The lowest BCUT2D eigenvalue weighted by atomic mass is 9.84. The summed E-state index contributed by atoms with van der Waals surface area (Å²) in [6, 6.07) is 6.83. The Kier molecular flexibility index (Phi) is 10.9. The van der Waals surface area contributed by atoms with E-state index in [1.54, 1.807) is 0 Å². The smallest absolute Gasteiger partial charge is 0.475 e. The van der Waals surface area contributed by atoms with Crippen molar-refractivity contribution < 1.29 is 50.9 Å². The zero-order valence-corrected chi connectivity index (χ0v) is 19.3. The molecule has 3 aliphatic heterocycles. The van der Waals surface area contributed by atoms with Crippen LogP contribution in [-0.2, 0) is 20.9 Å². The van der Waals surface area contributed by atoms with Crippen LogP contribution < -0.4 is 0 Å². The maximum absolute atomic E-state index is 10.6. The van der Waals surface area contributed by atoms with Gasteiger partial charge in [0.2, 0.25) is 0 Å². The van der Waals surface area contributed by atoms with E-state index in [1.807, 2.05) is 12.3 Å². The average molecular weight is 529 g/mol. The Morgan fingerprint density at radius 1 is 0.972 bits per heavy atom. The molecule has 3 aliphatic rings. The van der Waals surface area contributed by atoms with Crippen LogP contribution in [0.15, 0.2) is 24.4 Å². The van der Waals surface area contributed by atoms with Crippen LogP contribution in [0.5, 0.6) is 0 Å². The zero-order chi connectivity index (χ0) is 26.9. The molecule has 4 rings (SSSR count). The second kappa shape index (κ2) is 13.2. The Hall–Kier alpha value is -2.45. The monoisotopic (exact) mass is 529 g/mol. The van der Waals surface area contributed by atoms with Crippen LogP contribution >= 0.6 is 0 Å². The van der Waals surface area contributed by atoms with E-state index in [9.17, 15) is 26.3 Å². The lowest BCUT2D eigenvalue weighted by Crippen LogP contribution is -2.60. The molecule has 0 aliphatic carbocycles. The third-order valence-electron chi connectivity index (χ3n) is 6.02. The van der Waals surface area contributed by atoms with Crippen molar-refractivity contribution in [1.82, 2.24) is 14.8 Å². The molecule has 2 N–H and O–H groups in total. The molecule has 0 unspecified atom stereocenters. The number of ether oxygens (including phenoxy) is 1. The van der Waals surface area contributed by atoms with Gasteiger partial charge in [0.25, 0.3) is 0 Å². The van der Waals surface area contributed by atoms with Crippen LogP contribution in [-0.4, -0.2) is 94.2 Å². The minimum absolute atomic E-state index is 0.465. The number of carboxylic acid groups (broad SMARTS) is 2. The van der Waals surface area contributed by atoms with Gasteiger partial charge < -0.3 is 14.9 Å². The standard InChI is InChI=1S/C18H27N3O.2C2HF3O2/c1-2-8-19-16(7-1)13-20-12-15-6-5-11-22-18(15)17(14-20)21-9-3-4-10-21;2*3-2(4,5)1(6)7/h1-2,7-8,15,17-18H,3-6,9-14H2;2*(H,6,7)/t15-,17+,18-;;/m0../s1. The normalized spacial score (nSPS) is 25.0. The third kappa shape index (κ3) is 9.54. The number of aromatic nitrogens is 1. The fourth-order valence-electron chi connectivity index (χ4n) is 4.51. The molecule has 0 saturated carbocycles. The SMILES string of the molecule is O=C(O)C(F)(F)F.O=C(O)C(F)(F)F.c1ccc(CN2C[C@@H]3CCCO[C@@H]3[C@H](N3CCCC3)C2)nc1. The Morgan fingerprint density at radius 2 is 1.56 bits per heavy atom. The summed E-state index contributed by atoms with van der Waals surface area (Å²) in [6.45, 7) is 6.77. The number of fused-ring (bicyclic) bond motifs is 1. The first-order chi connectivity index (χ1) is 16.8. The topological polar surface area (TPSA) is 103 Å². The number of nitrogens with zero attached hydrogens (tertiary/aromatic N) is 3. The Balaban J connectivity index is 0.000000271. The maximum atomic E-state index is 10.6. The molecule has 204 valence electrons. The summed E-state index contributed by atoms with van der Waals surface area (Å²) in [7, 11) is 0. The summed E-state index contributed by atoms with van der Waals surface area (Å²) in [5.41, 5.74) is 1.19. The van der Waals surface area contributed by atoms with E-state index in [2.05, 4.69) is 26.9 Å². The minimum atomic E-state index is -5.08. The highest BCUT2D eigenvalue weighted by molar-refractivity contribution is 5.73. The average Bonchev–Trinajstić information content (AvgIpc) is 3.34. The van der Waals surface area contributed by atoms with E-state index in [-0.39, 0.29) is 0 Å². The van der Waals surface area contributed by atoms with Gasteiger partial charge in [-0.25, -0.2) is 9.59 Å². The zero-order valence-electron chi connectivity index (χ0n) is 19.3. The van der Waals surface area contributed by atoms with E-state index in [1.165, 1.54) is 51.0 Å². The summed E-state index contributed by atoms with van der Waals surface area (Å²) in [5, 5.41) is 14.2. The van der Waals surface area contributed by atoms with Crippen LogP contribution in [0.3, 0.4) is 0 Å². The molecule has 0 radical (unpaired) electrons. The molecule has 3 atom stereocenters. The summed E-state index contributed by atoms with van der Waals surface area (Å²) >= 11 is 0. The van der Waals surface area contributed by atoms with Crippen molar-refractivity contribution in [3.63, 3.8) is 0 Å². The third-order valence-corrected chi connectivity index (χ3v) is 6.02. The van der Waals surface area contributed by atoms with Gasteiger partial charge in [-0.2, -0.15) is 26.3 Å². The maximum Gasteiger partial charge on any atom is 0.490 e. The number of carboxylic acids is 2. The number of rotatable bonds is 3. The second-order valence-electron chi connectivity index (χ2n) is 8.67. The van der Waals surface area contributed by atoms with E-state index < -0.39 is 24.3 Å². The lowest BCUT2D eigenvalue weighted by molar-refractivity contribution is -0.193. The van der Waals surface area contributed by atoms with Gasteiger partial charge >= 0.3 is 24.3 Å². The Labute approximate surface area is 203 Å². The molecule has 4 heterocycles. The number of hydrogen-bond acceptors (Lipinski definition) is 6. The number of piperidine rings is 1. The van der Waals surface area contributed by atoms with Crippen molar-refractivity contribution in [2.75, 3.05) is 32.8 Å². The van der Waals surface area contributed by atoms with Gasteiger partial charge in [0.05, 0.1) is 11.8 Å². The lowest BCUT2D eigenvalue weighted by Gasteiger charge is -2.48. The van der Waals surface area contributed by atoms with Crippen LogP contribution in [0.4, 0.5) is 26.3 Å². The molecule has 1 aromatic heterocycles. The van der Waals surface area contributed by atoms with E-state index in [0.717, 1.165) is 19.7 Å². The number of carbonyl (C=O) groups is 2. The van der Waals surface area contributed by atoms with Crippen LogP contribution in [0.25, 0.3) is 0 Å². The fourth-order valence-corrected chi connectivity index (χ4v) is 4.51. The molecule has 1 aromatic rings. The predicted molar refractivity (Wildman–Crippen MR) is 114 cm³/mol. The van der Waals surface area contributed by atoms with Gasteiger partial charge in [0, 0.05) is 38.5 Å². The number of halogens is 6. The van der Waals surface area contributed by atoms with Gasteiger partial charge in [0.1, 0.15) is 0 Å². The van der Waals surface area contributed by atoms with Gasteiger partial charge in [-0.1, -0.05) is 6.07 Å². The molecular formula is C22H29F6N3O5.